The summed E-state index contributed by atoms with van der Waals surface area (Å²) in [4.78, 5) is 0. The second-order valence-electron chi connectivity index (χ2n) is 10.7. The van der Waals surface area contributed by atoms with Crippen molar-refractivity contribution in [3.8, 4) is 5.75 Å². The number of aliphatic hydroxyl groups excluding tert-OH is 1. The first-order valence-corrected chi connectivity index (χ1v) is 14.9. The first-order chi connectivity index (χ1) is 15.3. The molecule has 1 rings (SSSR count). The van der Waals surface area contributed by atoms with Gasteiger partial charge in [-0.25, -0.2) is 0 Å². The largest absolute Gasteiger partial charge is 0.497 e. The van der Waals surface area contributed by atoms with Gasteiger partial charge in [0, 0.05) is 19.4 Å². The molecule has 190 valence electrons. The second kappa shape index (κ2) is 13.1. The van der Waals surface area contributed by atoms with Crippen LogP contribution in [0.2, 0.25) is 18.1 Å². The fourth-order valence-electron chi connectivity index (χ4n) is 3.72. The van der Waals surface area contributed by atoms with Gasteiger partial charge in [-0.1, -0.05) is 52.8 Å². The van der Waals surface area contributed by atoms with E-state index in [9.17, 15) is 5.11 Å². The third-order valence-corrected chi connectivity index (χ3v) is 11.8. The number of methoxy groups -OCH3 is 2. The molecule has 33 heavy (non-hydrogen) atoms. The van der Waals surface area contributed by atoms with Gasteiger partial charge >= 0.3 is 0 Å². The van der Waals surface area contributed by atoms with E-state index in [2.05, 4.69) is 54.3 Å². The predicted octanol–water partition coefficient (Wildman–Crippen LogP) is 6.21. The molecule has 0 aliphatic carbocycles. The molecular formula is C27H48O5Si. The topological polar surface area (TPSA) is 57.2 Å². The lowest BCUT2D eigenvalue weighted by Crippen LogP contribution is -2.49. The van der Waals surface area contributed by atoms with E-state index in [0.717, 1.165) is 11.3 Å². The Bertz CT molecular complexity index is 697. The summed E-state index contributed by atoms with van der Waals surface area (Å²) in [6, 6.07) is 7.86. The van der Waals surface area contributed by atoms with Crippen LogP contribution in [0.5, 0.6) is 5.75 Å². The summed E-state index contributed by atoms with van der Waals surface area (Å²) in [5.74, 6) is 0.806. The van der Waals surface area contributed by atoms with E-state index in [1.807, 2.05) is 31.2 Å². The summed E-state index contributed by atoms with van der Waals surface area (Å²) in [5.41, 5.74) is 1.05. The van der Waals surface area contributed by atoms with Gasteiger partial charge in [0.2, 0.25) is 0 Å². The van der Waals surface area contributed by atoms with Crippen LogP contribution in [0, 0.1) is 11.8 Å². The quantitative estimate of drug-likeness (QED) is 0.253. The van der Waals surface area contributed by atoms with Crippen molar-refractivity contribution in [2.45, 2.75) is 97.1 Å². The molecule has 1 N–H and O–H groups in total. The first-order valence-electron chi connectivity index (χ1n) is 12.0. The fraction of sp³-hybridized carbons (Fsp3) is 0.704. The zero-order valence-electron chi connectivity index (χ0n) is 22.6. The predicted molar refractivity (Wildman–Crippen MR) is 139 cm³/mol. The fourth-order valence-corrected chi connectivity index (χ4v) is 5.14. The standard InChI is InChI=1S/C27H48O5Si/c1-12-19(2)24(28)17-25(31-18-22-13-15-23(29-8)16-14-22)20(3)26(30-9)21(4)32-33(10,11)27(5,6)7/h12-16,19-21,24-26,28H,1,17-18H2,2-11H3/t19-,20-,21+,24-,25-,26+/m0/s1. The van der Waals surface area contributed by atoms with Crippen LogP contribution in [0.3, 0.4) is 0 Å². The average Bonchev–Trinajstić information content (AvgIpc) is 2.75. The Morgan fingerprint density at radius 2 is 1.64 bits per heavy atom. The summed E-state index contributed by atoms with van der Waals surface area (Å²) in [7, 11) is 1.43. The molecule has 0 saturated heterocycles. The maximum atomic E-state index is 10.8. The summed E-state index contributed by atoms with van der Waals surface area (Å²) in [5, 5.41) is 10.9. The zero-order valence-corrected chi connectivity index (χ0v) is 23.6. The lowest BCUT2D eigenvalue weighted by Gasteiger charge is -2.42. The number of ether oxygens (including phenoxy) is 3. The third kappa shape index (κ3) is 8.84. The van der Waals surface area contributed by atoms with Crippen LogP contribution in [0.4, 0.5) is 0 Å². The van der Waals surface area contributed by atoms with Gasteiger partial charge in [-0.2, -0.15) is 0 Å². The van der Waals surface area contributed by atoms with Crippen LogP contribution in [-0.4, -0.2) is 52.1 Å². The lowest BCUT2D eigenvalue weighted by atomic mass is 9.88. The Morgan fingerprint density at radius 1 is 1.06 bits per heavy atom. The van der Waals surface area contributed by atoms with Crippen molar-refractivity contribution in [1.82, 2.24) is 0 Å². The number of rotatable bonds is 14. The van der Waals surface area contributed by atoms with E-state index in [4.69, 9.17) is 18.6 Å². The van der Waals surface area contributed by atoms with Crippen LogP contribution in [0.1, 0.15) is 53.5 Å². The van der Waals surface area contributed by atoms with Crippen LogP contribution in [0.25, 0.3) is 0 Å². The van der Waals surface area contributed by atoms with E-state index >= 15 is 0 Å². The van der Waals surface area contributed by atoms with E-state index in [-0.39, 0.29) is 35.2 Å². The monoisotopic (exact) mass is 480 g/mol. The minimum atomic E-state index is -1.96. The Kier molecular flexibility index (Phi) is 11.8. The Balaban J connectivity index is 3.04. The van der Waals surface area contributed by atoms with Crippen molar-refractivity contribution in [2.75, 3.05) is 14.2 Å². The molecule has 0 unspecified atom stereocenters. The second-order valence-corrected chi connectivity index (χ2v) is 15.5. The van der Waals surface area contributed by atoms with Gasteiger partial charge in [-0.05, 0) is 48.7 Å². The van der Waals surface area contributed by atoms with E-state index < -0.39 is 14.4 Å². The van der Waals surface area contributed by atoms with Gasteiger partial charge in [0.25, 0.3) is 0 Å². The molecule has 0 aliphatic rings. The van der Waals surface area contributed by atoms with Crippen molar-refractivity contribution in [2.24, 2.45) is 11.8 Å². The molecule has 0 radical (unpaired) electrons. The Morgan fingerprint density at radius 3 is 2.09 bits per heavy atom. The molecule has 1 aromatic rings. The van der Waals surface area contributed by atoms with Crippen LogP contribution in [0.15, 0.2) is 36.9 Å². The van der Waals surface area contributed by atoms with Gasteiger partial charge in [0.15, 0.2) is 8.32 Å². The smallest absolute Gasteiger partial charge is 0.192 e. The molecule has 0 aliphatic heterocycles. The summed E-state index contributed by atoms with van der Waals surface area (Å²) < 4.78 is 24.3. The van der Waals surface area contributed by atoms with Crippen molar-refractivity contribution in [3.63, 3.8) is 0 Å². The molecule has 6 atom stereocenters. The third-order valence-electron chi connectivity index (χ3n) is 7.20. The highest BCUT2D eigenvalue weighted by Gasteiger charge is 2.41. The van der Waals surface area contributed by atoms with Crippen molar-refractivity contribution in [1.29, 1.82) is 0 Å². The minimum absolute atomic E-state index is 0.0136. The van der Waals surface area contributed by atoms with Gasteiger partial charge in [0.05, 0.1) is 38.1 Å². The summed E-state index contributed by atoms with van der Waals surface area (Å²) >= 11 is 0. The van der Waals surface area contributed by atoms with Crippen molar-refractivity contribution < 1.29 is 23.7 Å². The SMILES string of the molecule is C=C[C@H](C)[C@@H](O)C[C@H](OCc1ccc(OC)cc1)[C@H](C)[C@@H](OC)[C@@H](C)O[Si](C)(C)C(C)(C)C. The molecule has 0 aromatic heterocycles. The first kappa shape index (κ1) is 29.8. The number of aliphatic hydroxyl groups is 1. The molecular weight excluding hydrogens is 432 g/mol. The minimum Gasteiger partial charge on any atom is -0.497 e. The lowest BCUT2D eigenvalue weighted by molar-refractivity contribution is -0.100. The van der Waals surface area contributed by atoms with Crippen molar-refractivity contribution in [3.05, 3.63) is 42.5 Å². The van der Waals surface area contributed by atoms with E-state index in [1.165, 1.54) is 0 Å². The van der Waals surface area contributed by atoms with E-state index in [1.54, 1.807) is 20.3 Å². The summed E-state index contributed by atoms with van der Waals surface area (Å²) in [6.07, 6.45) is 1.28. The Labute approximate surface area is 203 Å². The highest BCUT2D eigenvalue weighted by atomic mass is 28.4. The number of benzene rings is 1. The Hall–Kier alpha value is -1.18. The molecule has 0 spiro atoms. The maximum absolute atomic E-state index is 10.8. The molecule has 5 nitrogen and oxygen atoms in total. The highest BCUT2D eigenvalue weighted by Crippen LogP contribution is 2.38. The summed E-state index contributed by atoms with van der Waals surface area (Å²) in [6.45, 7) is 21.7. The number of hydrogen-bond donors (Lipinski definition) is 1. The van der Waals surface area contributed by atoms with Gasteiger partial charge < -0.3 is 23.7 Å². The van der Waals surface area contributed by atoms with Crippen LogP contribution < -0.4 is 4.74 Å². The molecule has 6 heteroatoms. The molecule has 0 saturated carbocycles. The normalized spacial score (nSPS) is 18.2. The van der Waals surface area contributed by atoms with Crippen LogP contribution in [-0.2, 0) is 20.5 Å². The van der Waals surface area contributed by atoms with Gasteiger partial charge in [0.1, 0.15) is 5.75 Å². The molecule has 0 amide bonds. The molecule has 0 fully saturated rings. The van der Waals surface area contributed by atoms with Gasteiger partial charge in [-0.3, -0.25) is 0 Å². The zero-order chi connectivity index (χ0) is 25.4. The molecule has 0 bridgehead atoms. The highest BCUT2D eigenvalue weighted by molar-refractivity contribution is 6.74. The van der Waals surface area contributed by atoms with Crippen molar-refractivity contribution >= 4 is 8.32 Å². The molecule has 0 heterocycles. The number of hydrogen-bond acceptors (Lipinski definition) is 5. The molecule has 1 aromatic carbocycles. The van der Waals surface area contributed by atoms with E-state index in [0.29, 0.717) is 13.0 Å². The average molecular weight is 481 g/mol. The van der Waals surface area contributed by atoms with Gasteiger partial charge in [-0.15, -0.1) is 6.58 Å². The van der Waals surface area contributed by atoms with Crippen LogP contribution >= 0.6 is 0 Å². The maximum Gasteiger partial charge on any atom is 0.192 e.